The zero-order chi connectivity index (χ0) is 13.0. The van der Waals surface area contributed by atoms with Crippen LogP contribution in [0.25, 0.3) is 0 Å². The number of carboxylic acid groups (broad SMARTS) is 1. The van der Waals surface area contributed by atoms with Crippen LogP contribution >= 0.6 is 0 Å². The molecule has 2 heterocycles. The SMILES string of the molecule is [B]CCC[C@H]1CN(Cc2cnc[nH]2)C[C@H]1C(=O)O. The lowest BCUT2D eigenvalue weighted by Crippen LogP contribution is -2.23. The maximum Gasteiger partial charge on any atom is 0.308 e. The fourth-order valence-corrected chi connectivity index (χ4v) is 2.65. The van der Waals surface area contributed by atoms with Gasteiger partial charge in [0.15, 0.2) is 0 Å². The second kappa shape index (κ2) is 6.04. The molecule has 6 heteroatoms. The molecule has 5 nitrogen and oxygen atoms in total. The number of nitrogens with one attached hydrogen (secondary N) is 1. The maximum atomic E-state index is 11.2. The number of aromatic amines is 1. The first kappa shape index (κ1) is 13.1. The van der Waals surface area contributed by atoms with E-state index in [9.17, 15) is 9.90 Å². The molecule has 1 aromatic rings. The molecule has 1 saturated heterocycles. The van der Waals surface area contributed by atoms with Gasteiger partial charge in [-0.25, -0.2) is 4.98 Å². The van der Waals surface area contributed by atoms with Crippen LogP contribution in [0, 0.1) is 11.8 Å². The first-order valence-electron chi connectivity index (χ1n) is 6.33. The van der Waals surface area contributed by atoms with Crippen LogP contribution in [0.2, 0.25) is 6.32 Å². The average molecular weight is 247 g/mol. The van der Waals surface area contributed by atoms with Gasteiger partial charge < -0.3 is 10.1 Å². The zero-order valence-corrected chi connectivity index (χ0v) is 10.4. The number of nitrogens with zero attached hydrogens (tertiary/aromatic N) is 2. The Morgan fingerprint density at radius 1 is 1.61 bits per heavy atom. The summed E-state index contributed by atoms with van der Waals surface area (Å²) in [5.41, 5.74) is 1.03. The summed E-state index contributed by atoms with van der Waals surface area (Å²) in [6.45, 7) is 2.18. The number of carboxylic acids is 1. The highest BCUT2D eigenvalue weighted by Crippen LogP contribution is 2.28. The molecule has 0 aliphatic carbocycles. The molecule has 2 N–H and O–H groups in total. The lowest BCUT2D eigenvalue weighted by molar-refractivity contribution is -0.142. The number of hydrogen-bond acceptors (Lipinski definition) is 3. The molecule has 1 aliphatic heterocycles. The minimum atomic E-state index is -0.691. The van der Waals surface area contributed by atoms with Crippen molar-refractivity contribution in [2.75, 3.05) is 13.1 Å². The van der Waals surface area contributed by atoms with E-state index >= 15 is 0 Å². The molecule has 1 aliphatic rings. The van der Waals surface area contributed by atoms with E-state index < -0.39 is 5.97 Å². The van der Waals surface area contributed by atoms with E-state index in [1.807, 2.05) is 0 Å². The molecule has 2 atom stereocenters. The first-order chi connectivity index (χ1) is 8.70. The lowest BCUT2D eigenvalue weighted by Gasteiger charge is -2.14. The van der Waals surface area contributed by atoms with Crippen molar-refractivity contribution in [2.24, 2.45) is 11.8 Å². The summed E-state index contributed by atoms with van der Waals surface area (Å²) in [7, 11) is 5.50. The van der Waals surface area contributed by atoms with Gasteiger partial charge in [-0.15, -0.1) is 0 Å². The van der Waals surface area contributed by atoms with Gasteiger partial charge in [0.1, 0.15) is 0 Å². The van der Waals surface area contributed by atoms with Gasteiger partial charge in [0.2, 0.25) is 0 Å². The van der Waals surface area contributed by atoms with Gasteiger partial charge in [-0.2, -0.15) is 0 Å². The summed E-state index contributed by atoms with van der Waals surface area (Å²) in [4.78, 5) is 20.4. The van der Waals surface area contributed by atoms with E-state index in [0.717, 1.165) is 31.6 Å². The number of rotatable bonds is 6. The number of aliphatic carboxylic acids is 1. The molecule has 1 aromatic heterocycles. The molecule has 0 aromatic carbocycles. The number of likely N-dealkylation sites (tertiary alicyclic amines) is 1. The molecule has 1 fully saturated rings. The van der Waals surface area contributed by atoms with Crippen LogP contribution in [-0.2, 0) is 11.3 Å². The third-order valence-electron chi connectivity index (χ3n) is 3.56. The fourth-order valence-electron chi connectivity index (χ4n) is 2.65. The second-order valence-corrected chi connectivity index (χ2v) is 4.91. The summed E-state index contributed by atoms with van der Waals surface area (Å²) in [5.74, 6) is -0.738. The Balaban J connectivity index is 1.93. The summed E-state index contributed by atoms with van der Waals surface area (Å²) < 4.78 is 0. The summed E-state index contributed by atoms with van der Waals surface area (Å²) in [6, 6.07) is 0. The van der Waals surface area contributed by atoms with Crippen molar-refractivity contribution in [3.8, 4) is 0 Å². The molecule has 96 valence electrons. The summed E-state index contributed by atoms with van der Waals surface area (Å²) in [5, 5.41) is 9.25. The van der Waals surface area contributed by atoms with Crippen LogP contribution in [0.15, 0.2) is 12.5 Å². The first-order valence-corrected chi connectivity index (χ1v) is 6.33. The number of hydrogen-bond donors (Lipinski definition) is 2. The molecule has 0 saturated carbocycles. The van der Waals surface area contributed by atoms with Crippen molar-refractivity contribution < 1.29 is 9.90 Å². The zero-order valence-electron chi connectivity index (χ0n) is 10.4. The van der Waals surface area contributed by atoms with Crippen LogP contribution in [0.4, 0.5) is 0 Å². The molecule has 18 heavy (non-hydrogen) atoms. The van der Waals surface area contributed by atoms with E-state index in [4.69, 9.17) is 7.85 Å². The van der Waals surface area contributed by atoms with Gasteiger partial charge in [-0.3, -0.25) is 9.69 Å². The molecule has 0 amide bonds. The summed E-state index contributed by atoms with van der Waals surface area (Å²) >= 11 is 0. The van der Waals surface area contributed by atoms with Crippen molar-refractivity contribution in [1.29, 1.82) is 0 Å². The van der Waals surface area contributed by atoms with Crippen molar-refractivity contribution in [2.45, 2.75) is 25.7 Å². The van der Waals surface area contributed by atoms with E-state index in [1.165, 1.54) is 0 Å². The van der Waals surface area contributed by atoms with E-state index in [0.29, 0.717) is 12.9 Å². The Hall–Kier alpha value is -1.30. The smallest absolute Gasteiger partial charge is 0.308 e. The second-order valence-electron chi connectivity index (χ2n) is 4.91. The largest absolute Gasteiger partial charge is 0.481 e. The standard InChI is InChI=1S/C12H18BN3O2/c13-3-1-2-9-5-16(7-11(9)12(17)18)6-10-4-14-8-15-10/h4,8-9,11H,1-3,5-7H2,(H,14,15)(H,17,18)/t9-,11+/m0/s1. The number of carbonyl (C=O) groups is 1. The average Bonchev–Trinajstić information content (AvgIpc) is 2.96. The van der Waals surface area contributed by atoms with Crippen molar-refractivity contribution in [3.63, 3.8) is 0 Å². The molecule has 2 rings (SSSR count). The monoisotopic (exact) mass is 247 g/mol. The highest BCUT2D eigenvalue weighted by atomic mass is 16.4. The van der Waals surface area contributed by atoms with Crippen LogP contribution in [-0.4, -0.2) is 46.9 Å². The van der Waals surface area contributed by atoms with Gasteiger partial charge in [-0.05, 0) is 12.3 Å². The molecule has 2 radical (unpaired) electrons. The Labute approximate surface area is 108 Å². The number of aromatic nitrogens is 2. The number of H-pyrrole nitrogens is 1. The third-order valence-corrected chi connectivity index (χ3v) is 3.56. The van der Waals surface area contributed by atoms with Gasteiger partial charge >= 0.3 is 5.97 Å². The minimum Gasteiger partial charge on any atom is -0.481 e. The van der Waals surface area contributed by atoms with E-state index in [-0.39, 0.29) is 11.8 Å². The summed E-state index contributed by atoms with van der Waals surface area (Å²) in [6.07, 6.45) is 5.84. The third kappa shape index (κ3) is 3.13. The predicted molar refractivity (Wildman–Crippen MR) is 68.3 cm³/mol. The lowest BCUT2D eigenvalue weighted by atomic mass is 9.88. The van der Waals surface area contributed by atoms with E-state index in [2.05, 4.69) is 14.9 Å². The maximum absolute atomic E-state index is 11.2. The van der Waals surface area contributed by atoms with Crippen LogP contribution in [0.5, 0.6) is 0 Å². The highest BCUT2D eigenvalue weighted by molar-refractivity contribution is 6.08. The Kier molecular flexibility index (Phi) is 4.41. The molecular weight excluding hydrogens is 229 g/mol. The Morgan fingerprint density at radius 3 is 3.06 bits per heavy atom. The molecule has 0 bridgehead atoms. The van der Waals surface area contributed by atoms with Gasteiger partial charge in [0.25, 0.3) is 0 Å². The van der Waals surface area contributed by atoms with Crippen LogP contribution in [0.1, 0.15) is 18.5 Å². The fraction of sp³-hybridized carbons (Fsp3) is 0.667. The predicted octanol–water partition coefficient (Wildman–Crippen LogP) is 0.909. The topological polar surface area (TPSA) is 69.2 Å². The van der Waals surface area contributed by atoms with E-state index in [1.54, 1.807) is 12.5 Å². The van der Waals surface area contributed by atoms with Crippen LogP contribution in [0.3, 0.4) is 0 Å². The van der Waals surface area contributed by atoms with Crippen LogP contribution < -0.4 is 0 Å². The van der Waals surface area contributed by atoms with Crippen molar-refractivity contribution in [1.82, 2.24) is 14.9 Å². The van der Waals surface area contributed by atoms with Gasteiger partial charge in [0.05, 0.1) is 20.1 Å². The molecular formula is C12H18BN3O2. The highest BCUT2D eigenvalue weighted by Gasteiger charge is 2.36. The molecule has 0 spiro atoms. The Bertz CT molecular complexity index is 383. The number of imidazole rings is 1. The Morgan fingerprint density at radius 2 is 2.44 bits per heavy atom. The molecule has 0 unspecified atom stereocenters. The quantitative estimate of drug-likeness (QED) is 0.733. The minimum absolute atomic E-state index is 0.217. The van der Waals surface area contributed by atoms with Crippen molar-refractivity contribution in [3.05, 3.63) is 18.2 Å². The van der Waals surface area contributed by atoms with Gasteiger partial charge in [-0.1, -0.05) is 12.7 Å². The normalized spacial score (nSPS) is 24.4. The van der Waals surface area contributed by atoms with Crippen molar-refractivity contribution >= 4 is 13.8 Å². The van der Waals surface area contributed by atoms with Gasteiger partial charge in [0, 0.05) is 31.5 Å².